The molecule has 0 saturated heterocycles. The smallest absolute Gasteiger partial charge is 0.292 e. The van der Waals surface area contributed by atoms with Gasteiger partial charge in [-0.25, -0.2) is 0 Å². The van der Waals surface area contributed by atoms with Crippen LogP contribution in [0.5, 0.6) is 5.75 Å². The van der Waals surface area contributed by atoms with Crippen LogP contribution in [0, 0.1) is 11.3 Å². The van der Waals surface area contributed by atoms with Crippen LogP contribution in [0.4, 0.5) is 0 Å². The van der Waals surface area contributed by atoms with E-state index in [1.165, 1.54) is 4.57 Å². The molecule has 1 aromatic heterocycles. The van der Waals surface area contributed by atoms with Gasteiger partial charge in [0.05, 0.1) is 19.1 Å². The first-order chi connectivity index (χ1) is 7.79. The van der Waals surface area contributed by atoms with Gasteiger partial charge in [-0.05, 0) is 12.1 Å². The second kappa shape index (κ2) is 6.64. The Bertz CT molecular complexity index is 420. The third-order valence-electron chi connectivity index (χ3n) is 2.01. The number of nitrogens with zero attached hydrogens (tertiary/aromatic N) is 2. The molecule has 0 radical (unpaired) electrons. The van der Waals surface area contributed by atoms with Crippen LogP contribution in [0.15, 0.2) is 23.1 Å². The van der Waals surface area contributed by atoms with Gasteiger partial charge in [0.2, 0.25) is 0 Å². The molecule has 0 spiro atoms. The Morgan fingerprint density at radius 2 is 2.38 bits per heavy atom. The van der Waals surface area contributed by atoms with E-state index in [1.54, 1.807) is 18.3 Å². The Morgan fingerprint density at radius 3 is 3.06 bits per heavy atom. The maximum absolute atomic E-state index is 11.7. The first-order valence-corrected chi connectivity index (χ1v) is 5.09. The van der Waals surface area contributed by atoms with E-state index >= 15 is 0 Å². The van der Waals surface area contributed by atoms with Crippen molar-refractivity contribution in [2.24, 2.45) is 0 Å². The van der Waals surface area contributed by atoms with Crippen LogP contribution in [0.25, 0.3) is 0 Å². The van der Waals surface area contributed by atoms with Crippen molar-refractivity contribution in [1.29, 1.82) is 5.26 Å². The Kier molecular flexibility index (Phi) is 5.09. The molecule has 0 aliphatic heterocycles. The number of aryl methyl sites for hydroxylation is 1. The Balaban J connectivity index is 2.71. The molecule has 1 rings (SSSR count). The highest BCUT2D eigenvalue weighted by molar-refractivity contribution is 5.17. The predicted molar refractivity (Wildman–Crippen MR) is 58.1 cm³/mol. The molecule has 0 saturated carbocycles. The van der Waals surface area contributed by atoms with Gasteiger partial charge in [-0.15, -0.1) is 0 Å². The van der Waals surface area contributed by atoms with Gasteiger partial charge in [0.1, 0.15) is 0 Å². The van der Waals surface area contributed by atoms with Gasteiger partial charge in [0, 0.05) is 25.8 Å². The second-order valence-electron chi connectivity index (χ2n) is 3.20. The summed E-state index contributed by atoms with van der Waals surface area (Å²) in [6.07, 6.45) is 2.41. The highest BCUT2D eigenvalue weighted by Gasteiger charge is 2.03. The number of aliphatic hydroxyl groups excluding tert-OH is 1. The minimum absolute atomic E-state index is 0.0372. The molecule has 0 fully saturated rings. The Labute approximate surface area is 93.5 Å². The lowest BCUT2D eigenvalue weighted by molar-refractivity contribution is 0.231. The molecule has 0 unspecified atom stereocenters. The topological polar surface area (TPSA) is 75.2 Å². The van der Waals surface area contributed by atoms with Crippen LogP contribution in [0.2, 0.25) is 0 Å². The van der Waals surface area contributed by atoms with Crippen molar-refractivity contribution in [3.63, 3.8) is 0 Å². The van der Waals surface area contributed by atoms with E-state index < -0.39 is 0 Å². The number of pyridine rings is 1. The zero-order valence-electron chi connectivity index (χ0n) is 8.93. The largest absolute Gasteiger partial charge is 0.488 e. The molecule has 0 aromatic carbocycles. The summed E-state index contributed by atoms with van der Waals surface area (Å²) in [4.78, 5) is 11.7. The van der Waals surface area contributed by atoms with Gasteiger partial charge in [-0.2, -0.15) is 5.26 Å². The summed E-state index contributed by atoms with van der Waals surface area (Å²) in [5.41, 5.74) is -0.240. The summed E-state index contributed by atoms with van der Waals surface area (Å²) in [5, 5.41) is 17.0. The molecule has 5 nitrogen and oxygen atoms in total. The fourth-order valence-electron chi connectivity index (χ4n) is 1.22. The molecule has 1 N–H and O–H groups in total. The van der Waals surface area contributed by atoms with E-state index in [1.807, 2.05) is 6.07 Å². The van der Waals surface area contributed by atoms with E-state index in [4.69, 9.17) is 15.1 Å². The monoisotopic (exact) mass is 222 g/mol. The maximum Gasteiger partial charge on any atom is 0.292 e. The van der Waals surface area contributed by atoms with Gasteiger partial charge in [-0.1, -0.05) is 0 Å². The third-order valence-corrected chi connectivity index (χ3v) is 2.01. The molecule has 5 heteroatoms. The molecule has 0 atom stereocenters. The quantitative estimate of drug-likeness (QED) is 0.712. The summed E-state index contributed by atoms with van der Waals surface area (Å²) < 4.78 is 6.66. The molecule has 0 aliphatic carbocycles. The molecular formula is C11H14N2O3. The minimum Gasteiger partial charge on any atom is -0.488 e. The van der Waals surface area contributed by atoms with Crippen LogP contribution in [0.1, 0.15) is 12.8 Å². The average Bonchev–Trinajstić information content (AvgIpc) is 2.30. The number of ether oxygens (including phenoxy) is 1. The van der Waals surface area contributed by atoms with Crippen LogP contribution >= 0.6 is 0 Å². The van der Waals surface area contributed by atoms with Crippen LogP contribution in [-0.4, -0.2) is 22.9 Å². The highest BCUT2D eigenvalue weighted by atomic mass is 16.5. The summed E-state index contributed by atoms with van der Waals surface area (Å²) in [6, 6.07) is 5.27. The lowest BCUT2D eigenvalue weighted by Gasteiger charge is -2.07. The van der Waals surface area contributed by atoms with Gasteiger partial charge >= 0.3 is 0 Å². The standard InChI is InChI=1S/C11H14N2O3/c12-5-2-7-13-6-1-4-10(11(13)15)16-9-3-8-14/h1,4,6,14H,2-3,7-9H2. The molecule has 0 bridgehead atoms. The normalized spacial score (nSPS) is 9.75. The van der Waals surface area contributed by atoms with Crippen LogP contribution in [0.3, 0.4) is 0 Å². The lowest BCUT2D eigenvalue weighted by Crippen LogP contribution is -2.21. The van der Waals surface area contributed by atoms with Crippen molar-refractivity contribution in [3.05, 3.63) is 28.7 Å². The zero-order chi connectivity index (χ0) is 11.8. The fraction of sp³-hybridized carbons (Fsp3) is 0.455. The zero-order valence-corrected chi connectivity index (χ0v) is 8.93. The number of rotatable bonds is 6. The van der Waals surface area contributed by atoms with Gasteiger partial charge in [-0.3, -0.25) is 4.79 Å². The highest BCUT2D eigenvalue weighted by Crippen LogP contribution is 2.02. The molecular weight excluding hydrogens is 208 g/mol. The van der Waals surface area contributed by atoms with Crippen molar-refractivity contribution >= 4 is 0 Å². The van der Waals surface area contributed by atoms with Crippen molar-refractivity contribution in [2.45, 2.75) is 19.4 Å². The molecule has 0 aliphatic rings. The van der Waals surface area contributed by atoms with E-state index in [0.29, 0.717) is 26.0 Å². The molecule has 1 aromatic rings. The van der Waals surface area contributed by atoms with Crippen molar-refractivity contribution in [1.82, 2.24) is 4.57 Å². The first kappa shape index (κ1) is 12.3. The van der Waals surface area contributed by atoms with Gasteiger partial charge in [0.25, 0.3) is 5.56 Å². The van der Waals surface area contributed by atoms with Crippen molar-refractivity contribution < 1.29 is 9.84 Å². The molecule has 16 heavy (non-hydrogen) atoms. The van der Waals surface area contributed by atoms with E-state index in [9.17, 15) is 4.79 Å². The van der Waals surface area contributed by atoms with Crippen LogP contribution in [-0.2, 0) is 6.54 Å². The third kappa shape index (κ3) is 3.41. The summed E-state index contributed by atoms with van der Waals surface area (Å²) in [7, 11) is 0. The fourth-order valence-corrected chi connectivity index (χ4v) is 1.22. The van der Waals surface area contributed by atoms with E-state index in [0.717, 1.165) is 0 Å². The Morgan fingerprint density at radius 1 is 1.56 bits per heavy atom. The number of nitriles is 1. The SMILES string of the molecule is N#CCCn1cccc(OCCCO)c1=O. The summed E-state index contributed by atoms with van der Waals surface area (Å²) in [5.74, 6) is 0.258. The molecule has 1 heterocycles. The number of hydrogen-bond acceptors (Lipinski definition) is 4. The minimum atomic E-state index is -0.240. The average molecular weight is 222 g/mol. The lowest BCUT2D eigenvalue weighted by atomic mass is 10.4. The predicted octanol–water partition coefficient (Wildman–Crippen LogP) is 0.523. The maximum atomic E-state index is 11.7. The van der Waals surface area contributed by atoms with Gasteiger partial charge < -0.3 is 14.4 Å². The van der Waals surface area contributed by atoms with Crippen molar-refractivity contribution in [2.75, 3.05) is 13.2 Å². The molecule has 0 amide bonds. The first-order valence-electron chi connectivity index (χ1n) is 5.09. The second-order valence-corrected chi connectivity index (χ2v) is 3.20. The summed E-state index contributed by atoms with van der Waals surface area (Å²) >= 11 is 0. The number of aromatic nitrogens is 1. The van der Waals surface area contributed by atoms with Crippen molar-refractivity contribution in [3.8, 4) is 11.8 Å². The Hall–Kier alpha value is -1.80. The van der Waals surface area contributed by atoms with Crippen LogP contribution < -0.4 is 10.3 Å². The number of aliphatic hydroxyl groups is 1. The summed E-state index contributed by atoms with van der Waals surface area (Å²) in [6.45, 7) is 0.718. The van der Waals surface area contributed by atoms with E-state index in [-0.39, 0.29) is 17.9 Å². The number of hydrogen-bond donors (Lipinski definition) is 1. The van der Waals surface area contributed by atoms with E-state index in [2.05, 4.69) is 0 Å². The molecule has 86 valence electrons. The van der Waals surface area contributed by atoms with Gasteiger partial charge in [0.15, 0.2) is 5.75 Å².